The molecular weight excluding hydrogens is 414 g/mol. The Hall–Kier alpha value is -2.39. The second-order valence-electron chi connectivity index (χ2n) is 5.91. The van der Waals surface area contributed by atoms with Gasteiger partial charge in [0.2, 0.25) is 15.9 Å². The predicted octanol–water partition coefficient (Wildman–Crippen LogP) is 3.81. The molecule has 0 aromatic heterocycles. The number of rotatable bonds is 7. The van der Waals surface area contributed by atoms with Gasteiger partial charge in [-0.05, 0) is 36.8 Å². The van der Waals surface area contributed by atoms with Crippen molar-refractivity contribution in [2.75, 3.05) is 23.0 Å². The smallest absolute Gasteiger partial charge is 0.248 e. The SMILES string of the molecule is CC[C@H](C(=O)Nc1ccc(F)cc1F)N(c1cc(Cl)ccc1OC)S(C)(=O)=O. The van der Waals surface area contributed by atoms with Gasteiger partial charge in [0.15, 0.2) is 0 Å². The van der Waals surface area contributed by atoms with Crippen LogP contribution in [0.2, 0.25) is 5.02 Å². The molecule has 0 fully saturated rings. The summed E-state index contributed by atoms with van der Waals surface area (Å²) in [5.41, 5.74) is -0.199. The first-order valence-corrected chi connectivity index (χ1v) is 10.4. The summed E-state index contributed by atoms with van der Waals surface area (Å²) < 4.78 is 58.0. The van der Waals surface area contributed by atoms with E-state index in [1.807, 2.05) is 0 Å². The number of sulfonamides is 1. The van der Waals surface area contributed by atoms with E-state index in [-0.39, 0.29) is 28.6 Å². The Morgan fingerprint density at radius 1 is 1.25 bits per heavy atom. The topological polar surface area (TPSA) is 75.7 Å². The number of benzene rings is 2. The molecule has 28 heavy (non-hydrogen) atoms. The maximum absolute atomic E-state index is 13.9. The zero-order chi connectivity index (χ0) is 21.1. The summed E-state index contributed by atoms with van der Waals surface area (Å²) in [5.74, 6) is -2.38. The summed E-state index contributed by atoms with van der Waals surface area (Å²) in [6.45, 7) is 1.60. The van der Waals surface area contributed by atoms with Gasteiger partial charge < -0.3 is 10.1 Å². The number of methoxy groups -OCH3 is 1. The number of carbonyl (C=O) groups excluding carboxylic acids is 1. The third-order valence-corrected chi connectivity index (χ3v) is 5.30. The number of ether oxygens (including phenoxy) is 1. The first-order chi connectivity index (χ1) is 13.1. The minimum Gasteiger partial charge on any atom is -0.495 e. The normalized spacial score (nSPS) is 12.4. The second kappa shape index (κ2) is 8.74. The van der Waals surface area contributed by atoms with E-state index in [4.69, 9.17) is 16.3 Å². The van der Waals surface area contributed by atoms with Gasteiger partial charge in [0, 0.05) is 11.1 Å². The first kappa shape index (κ1) is 21.9. The van der Waals surface area contributed by atoms with Crippen LogP contribution in [0.4, 0.5) is 20.2 Å². The highest BCUT2D eigenvalue weighted by Crippen LogP contribution is 2.35. The van der Waals surface area contributed by atoms with Crippen molar-refractivity contribution < 1.29 is 26.7 Å². The lowest BCUT2D eigenvalue weighted by Crippen LogP contribution is -2.47. The van der Waals surface area contributed by atoms with Crippen LogP contribution in [0.5, 0.6) is 5.75 Å². The zero-order valence-corrected chi connectivity index (χ0v) is 16.9. The molecule has 0 spiro atoms. The van der Waals surface area contributed by atoms with E-state index in [0.717, 1.165) is 22.7 Å². The summed E-state index contributed by atoms with van der Waals surface area (Å²) in [6.07, 6.45) is 0.999. The first-order valence-electron chi connectivity index (χ1n) is 8.17. The molecule has 0 saturated heterocycles. The van der Waals surface area contributed by atoms with E-state index in [1.54, 1.807) is 6.92 Å². The van der Waals surface area contributed by atoms with E-state index < -0.39 is 33.6 Å². The minimum atomic E-state index is -3.95. The van der Waals surface area contributed by atoms with Gasteiger partial charge in [-0.25, -0.2) is 17.2 Å². The van der Waals surface area contributed by atoms with Gasteiger partial charge in [-0.1, -0.05) is 18.5 Å². The molecule has 2 aromatic rings. The van der Waals surface area contributed by atoms with Crippen LogP contribution in [-0.4, -0.2) is 33.7 Å². The number of nitrogens with one attached hydrogen (secondary N) is 1. The average molecular weight is 433 g/mol. The van der Waals surface area contributed by atoms with Crippen molar-refractivity contribution in [3.05, 3.63) is 53.1 Å². The summed E-state index contributed by atoms with van der Waals surface area (Å²) in [4.78, 5) is 12.8. The van der Waals surface area contributed by atoms with Gasteiger partial charge in [-0.15, -0.1) is 0 Å². The molecular formula is C18H19ClF2N2O4S. The lowest BCUT2D eigenvalue weighted by molar-refractivity contribution is -0.117. The predicted molar refractivity (Wildman–Crippen MR) is 104 cm³/mol. The number of halogens is 3. The monoisotopic (exact) mass is 432 g/mol. The maximum Gasteiger partial charge on any atom is 0.248 e. The summed E-state index contributed by atoms with van der Waals surface area (Å²) >= 11 is 6.00. The fraction of sp³-hybridized carbons (Fsp3) is 0.278. The van der Waals surface area contributed by atoms with Crippen molar-refractivity contribution >= 4 is 38.9 Å². The van der Waals surface area contributed by atoms with Gasteiger partial charge in [0.05, 0.1) is 24.7 Å². The van der Waals surface area contributed by atoms with Crippen LogP contribution >= 0.6 is 11.6 Å². The largest absolute Gasteiger partial charge is 0.495 e. The summed E-state index contributed by atoms with van der Waals surface area (Å²) in [5, 5.41) is 2.54. The Morgan fingerprint density at radius 3 is 2.46 bits per heavy atom. The molecule has 1 atom stereocenters. The van der Waals surface area contributed by atoms with E-state index >= 15 is 0 Å². The fourth-order valence-electron chi connectivity index (χ4n) is 2.68. The molecule has 6 nitrogen and oxygen atoms in total. The molecule has 0 radical (unpaired) electrons. The molecule has 2 rings (SSSR count). The molecule has 1 N–H and O–H groups in total. The third kappa shape index (κ3) is 4.90. The number of amides is 1. The Kier molecular flexibility index (Phi) is 6.84. The zero-order valence-electron chi connectivity index (χ0n) is 15.4. The van der Waals surface area contributed by atoms with Gasteiger partial charge in [0.25, 0.3) is 0 Å². The van der Waals surface area contributed by atoms with Crippen LogP contribution in [-0.2, 0) is 14.8 Å². The van der Waals surface area contributed by atoms with Crippen LogP contribution in [0, 0.1) is 11.6 Å². The molecule has 0 saturated carbocycles. The van der Waals surface area contributed by atoms with Crippen molar-refractivity contribution in [3.8, 4) is 5.75 Å². The molecule has 2 aromatic carbocycles. The molecule has 0 heterocycles. The molecule has 152 valence electrons. The van der Waals surface area contributed by atoms with Crippen LogP contribution in [0.25, 0.3) is 0 Å². The number of nitrogens with zero attached hydrogens (tertiary/aromatic N) is 1. The number of carbonyl (C=O) groups is 1. The number of anilines is 2. The van der Waals surface area contributed by atoms with Crippen molar-refractivity contribution in [3.63, 3.8) is 0 Å². The van der Waals surface area contributed by atoms with E-state index in [9.17, 15) is 22.0 Å². The molecule has 1 amide bonds. The van der Waals surface area contributed by atoms with Gasteiger partial charge in [-0.3, -0.25) is 9.10 Å². The summed E-state index contributed by atoms with van der Waals surface area (Å²) in [6, 6.07) is 5.76. The van der Waals surface area contributed by atoms with Gasteiger partial charge >= 0.3 is 0 Å². The molecule has 0 aliphatic rings. The average Bonchev–Trinajstić information content (AvgIpc) is 2.60. The van der Waals surface area contributed by atoms with Crippen molar-refractivity contribution in [1.29, 1.82) is 0 Å². The minimum absolute atomic E-state index is 0.0668. The highest BCUT2D eigenvalue weighted by atomic mass is 35.5. The van der Waals surface area contributed by atoms with Crippen molar-refractivity contribution in [2.24, 2.45) is 0 Å². The molecule has 10 heteroatoms. The molecule has 0 bridgehead atoms. The molecule has 0 unspecified atom stereocenters. The Labute approximate surface area is 167 Å². The van der Waals surface area contributed by atoms with Crippen molar-refractivity contribution in [1.82, 2.24) is 0 Å². The van der Waals surface area contributed by atoms with E-state index in [2.05, 4.69) is 5.32 Å². The highest BCUT2D eigenvalue weighted by molar-refractivity contribution is 7.92. The van der Waals surface area contributed by atoms with Gasteiger partial charge in [0.1, 0.15) is 23.4 Å². The van der Waals surface area contributed by atoms with Crippen LogP contribution in [0.1, 0.15) is 13.3 Å². The lowest BCUT2D eigenvalue weighted by atomic mass is 10.1. The Balaban J connectivity index is 2.49. The number of hydrogen-bond acceptors (Lipinski definition) is 4. The van der Waals surface area contributed by atoms with Crippen molar-refractivity contribution in [2.45, 2.75) is 19.4 Å². The Bertz CT molecular complexity index is 986. The van der Waals surface area contributed by atoms with Crippen LogP contribution < -0.4 is 14.4 Å². The quantitative estimate of drug-likeness (QED) is 0.721. The third-order valence-electron chi connectivity index (χ3n) is 3.90. The van der Waals surface area contributed by atoms with Crippen LogP contribution in [0.15, 0.2) is 36.4 Å². The van der Waals surface area contributed by atoms with E-state index in [1.165, 1.54) is 25.3 Å². The lowest BCUT2D eigenvalue weighted by Gasteiger charge is -2.31. The Morgan fingerprint density at radius 2 is 1.93 bits per heavy atom. The van der Waals surface area contributed by atoms with Crippen LogP contribution in [0.3, 0.4) is 0 Å². The second-order valence-corrected chi connectivity index (χ2v) is 8.21. The van der Waals surface area contributed by atoms with E-state index in [0.29, 0.717) is 6.07 Å². The van der Waals surface area contributed by atoms with Gasteiger partial charge in [-0.2, -0.15) is 0 Å². The number of hydrogen-bond donors (Lipinski definition) is 1. The molecule has 0 aliphatic heterocycles. The standard InChI is InChI=1S/C18H19ClF2N2O4S/c1-4-15(18(24)22-14-7-6-12(20)10-13(14)21)23(28(3,25)26)16-9-11(19)5-8-17(16)27-2/h5-10,15H,4H2,1-3H3,(H,22,24)/t15-/m1/s1. The summed E-state index contributed by atoms with van der Waals surface area (Å²) in [7, 11) is -2.60. The maximum atomic E-state index is 13.9. The molecule has 0 aliphatic carbocycles. The fourth-order valence-corrected chi connectivity index (χ4v) is 4.05. The highest BCUT2D eigenvalue weighted by Gasteiger charge is 2.34.